The zero-order valence-electron chi connectivity index (χ0n) is 13.8. The van der Waals surface area contributed by atoms with Gasteiger partial charge in [-0.15, -0.1) is 0 Å². The van der Waals surface area contributed by atoms with Crippen molar-refractivity contribution in [1.82, 2.24) is 15.1 Å². The van der Waals surface area contributed by atoms with Gasteiger partial charge in [0.05, 0.1) is 12.3 Å². The molecule has 1 aromatic heterocycles. The van der Waals surface area contributed by atoms with Crippen molar-refractivity contribution in [2.75, 3.05) is 6.54 Å². The van der Waals surface area contributed by atoms with E-state index >= 15 is 0 Å². The van der Waals surface area contributed by atoms with Gasteiger partial charge in [0, 0.05) is 32.1 Å². The molecule has 0 saturated carbocycles. The first-order valence-corrected chi connectivity index (χ1v) is 8.02. The third kappa shape index (κ3) is 5.87. The van der Waals surface area contributed by atoms with E-state index in [-0.39, 0.29) is 11.8 Å². The van der Waals surface area contributed by atoms with Crippen LogP contribution in [0.2, 0.25) is 0 Å². The predicted molar refractivity (Wildman–Crippen MR) is 90.0 cm³/mol. The standard InChI is InChI=1S/C18H25N3O2/c1-14(22)10-17(16-6-4-3-5-7-16)12-19-18(23)9-8-15-11-20-21(2)13-15/h3-7,11,13-14,17,22H,8-10,12H2,1-2H3,(H,19,23). The summed E-state index contributed by atoms with van der Waals surface area (Å²) in [7, 11) is 1.87. The lowest BCUT2D eigenvalue weighted by atomic mass is 9.93. The van der Waals surface area contributed by atoms with E-state index in [2.05, 4.69) is 10.4 Å². The number of hydrogen-bond acceptors (Lipinski definition) is 3. The van der Waals surface area contributed by atoms with Crippen molar-refractivity contribution < 1.29 is 9.90 Å². The smallest absolute Gasteiger partial charge is 0.220 e. The van der Waals surface area contributed by atoms with Gasteiger partial charge < -0.3 is 10.4 Å². The highest BCUT2D eigenvalue weighted by Crippen LogP contribution is 2.20. The number of aliphatic hydroxyl groups is 1. The van der Waals surface area contributed by atoms with Gasteiger partial charge in [0.25, 0.3) is 0 Å². The van der Waals surface area contributed by atoms with Gasteiger partial charge in [0.15, 0.2) is 0 Å². The number of carbonyl (C=O) groups excluding carboxylic acids is 1. The van der Waals surface area contributed by atoms with Crippen molar-refractivity contribution in [2.45, 2.75) is 38.2 Å². The second kappa shape index (κ2) is 8.48. The molecule has 1 aromatic carbocycles. The van der Waals surface area contributed by atoms with E-state index in [1.165, 1.54) is 0 Å². The minimum atomic E-state index is -0.396. The van der Waals surface area contributed by atoms with Crippen LogP contribution in [-0.4, -0.2) is 33.4 Å². The number of nitrogens with zero attached hydrogens (tertiary/aromatic N) is 2. The van der Waals surface area contributed by atoms with Gasteiger partial charge >= 0.3 is 0 Å². The van der Waals surface area contributed by atoms with Crippen LogP contribution >= 0.6 is 0 Å². The maximum Gasteiger partial charge on any atom is 0.220 e. The van der Waals surface area contributed by atoms with Gasteiger partial charge in [0.2, 0.25) is 5.91 Å². The van der Waals surface area contributed by atoms with E-state index in [0.717, 1.165) is 11.1 Å². The van der Waals surface area contributed by atoms with Crippen LogP contribution in [0.3, 0.4) is 0 Å². The Hall–Kier alpha value is -2.14. The van der Waals surface area contributed by atoms with E-state index in [9.17, 15) is 9.90 Å². The van der Waals surface area contributed by atoms with Gasteiger partial charge in [-0.05, 0) is 30.9 Å². The molecule has 0 aliphatic heterocycles. The fourth-order valence-corrected chi connectivity index (χ4v) is 2.66. The lowest BCUT2D eigenvalue weighted by molar-refractivity contribution is -0.121. The average molecular weight is 315 g/mol. The van der Waals surface area contributed by atoms with E-state index < -0.39 is 6.10 Å². The topological polar surface area (TPSA) is 67.2 Å². The number of hydrogen-bond donors (Lipinski definition) is 2. The summed E-state index contributed by atoms with van der Waals surface area (Å²) in [6.45, 7) is 2.32. The molecule has 1 heterocycles. The third-order valence-electron chi connectivity index (χ3n) is 3.84. The summed E-state index contributed by atoms with van der Waals surface area (Å²) in [6.07, 6.45) is 5.08. The number of carbonyl (C=O) groups is 1. The van der Waals surface area contributed by atoms with Crippen LogP contribution in [-0.2, 0) is 18.3 Å². The van der Waals surface area contributed by atoms with E-state index in [4.69, 9.17) is 0 Å². The minimum Gasteiger partial charge on any atom is -0.393 e. The number of nitrogens with one attached hydrogen (secondary N) is 1. The summed E-state index contributed by atoms with van der Waals surface area (Å²) in [4.78, 5) is 12.0. The van der Waals surface area contributed by atoms with Crippen molar-refractivity contribution in [2.24, 2.45) is 7.05 Å². The molecule has 1 amide bonds. The van der Waals surface area contributed by atoms with E-state index in [1.54, 1.807) is 17.8 Å². The Kier molecular flexibility index (Phi) is 6.35. The van der Waals surface area contributed by atoms with Crippen LogP contribution in [0.1, 0.15) is 36.8 Å². The molecule has 5 nitrogen and oxygen atoms in total. The molecule has 0 aliphatic carbocycles. The van der Waals surface area contributed by atoms with Crippen molar-refractivity contribution in [3.8, 4) is 0 Å². The zero-order chi connectivity index (χ0) is 16.7. The molecule has 5 heteroatoms. The van der Waals surface area contributed by atoms with Crippen LogP contribution in [0.5, 0.6) is 0 Å². The molecule has 2 unspecified atom stereocenters. The Morgan fingerprint density at radius 3 is 2.70 bits per heavy atom. The molecule has 0 radical (unpaired) electrons. The molecule has 2 rings (SSSR count). The molecule has 2 aromatic rings. The molecule has 0 aliphatic rings. The second-order valence-corrected chi connectivity index (χ2v) is 6.02. The molecule has 0 spiro atoms. The van der Waals surface area contributed by atoms with E-state index in [0.29, 0.717) is 25.8 Å². The Bertz CT molecular complexity index is 608. The predicted octanol–water partition coefficient (Wildman–Crippen LogP) is 2.02. The number of benzene rings is 1. The normalized spacial score (nSPS) is 13.5. The maximum absolute atomic E-state index is 12.0. The number of aryl methyl sites for hydroxylation is 2. The fraction of sp³-hybridized carbons (Fsp3) is 0.444. The van der Waals surface area contributed by atoms with Crippen LogP contribution < -0.4 is 5.32 Å². The highest BCUT2D eigenvalue weighted by molar-refractivity contribution is 5.76. The van der Waals surface area contributed by atoms with Gasteiger partial charge in [-0.2, -0.15) is 5.10 Å². The summed E-state index contributed by atoms with van der Waals surface area (Å²) in [6, 6.07) is 10.0. The zero-order valence-corrected chi connectivity index (χ0v) is 13.8. The van der Waals surface area contributed by atoms with Crippen molar-refractivity contribution in [3.05, 3.63) is 53.9 Å². The number of aromatic nitrogens is 2. The minimum absolute atomic E-state index is 0.0281. The molecular formula is C18H25N3O2. The molecule has 0 fully saturated rings. The quantitative estimate of drug-likeness (QED) is 0.783. The summed E-state index contributed by atoms with van der Waals surface area (Å²) < 4.78 is 1.74. The molecule has 2 N–H and O–H groups in total. The van der Waals surface area contributed by atoms with Crippen molar-refractivity contribution in [3.63, 3.8) is 0 Å². The summed E-state index contributed by atoms with van der Waals surface area (Å²) in [5.41, 5.74) is 2.20. The first kappa shape index (κ1) is 17.2. The van der Waals surface area contributed by atoms with Gasteiger partial charge in [0.1, 0.15) is 0 Å². The van der Waals surface area contributed by atoms with Crippen molar-refractivity contribution >= 4 is 5.91 Å². The Morgan fingerprint density at radius 1 is 1.35 bits per heavy atom. The largest absolute Gasteiger partial charge is 0.393 e. The molecule has 0 saturated heterocycles. The van der Waals surface area contributed by atoms with Crippen LogP contribution in [0.4, 0.5) is 0 Å². The maximum atomic E-state index is 12.0. The second-order valence-electron chi connectivity index (χ2n) is 6.02. The number of amides is 1. The number of rotatable bonds is 8. The van der Waals surface area contributed by atoms with Gasteiger partial charge in [-0.1, -0.05) is 30.3 Å². The molecule has 124 valence electrons. The fourth-order valence-electron chi connectivity index (χ4n) is 2.66. The van der Waals surface area contributed by atoms with Crippen molar-refractivity contribution in [1.29, 1.82) is 0 Å². The first-order valence-electron chi connectivity index (χ1n) is 8.02. The monoisotopic (exact) mass is 315 g/mol. The molecular weight excluding hydrogens is 290 g/mol. The summed E-state index contributed by atoms with van der Waals surface area (Å²) in [5, 5.41) is 16.8. The van der Waals surface area contributed by atoms with E-state index in [1.807, 2.05) is 43.6 Å². The Labute approximate surface area is 137 Å². The van der Waals surface area contributed by atoms with Crippen LogP contribution in [0.15, 0.2) is 42.7 Å². The van der Waals surface area contributed by atoms with Gasteiger partial charge in [-0.3, -0.25) is 9.48 Å². The van der Waals surface area contributed by atoms with Crippen LogP contribution in [0, 0.1) is 0 Å². The lowest BCUT2D eigenvalue weighted by Crippen LogP contribution is -2.29. The number of aliphatic hydroxyl groups excluding tert-OH is 1. The highest BCUT2D eigenvalue weighted by Gasteiger charge is 2.15. The first-order chi connectivity index (χ1) is 11.0. The summed E-state index contributed by atoms with van der Waals surface area (Å²) >= 11 is 0. The lowest BCUT2D eigenvalue weighted by Gasteiger charge is -2.19. The Morgan fingerprint density at radius 2 is 2.09 bits per heavy atom. The SMILES string of the molecule is CC(O)CC(CNC(=O)CCc1cnn(C)c1)c1ccccc1. The highest BCUT2D eigenvalue weighted by atomic mass is 16.3. The average Bonchev–Trinajstić information content (AvgIpc) is 2.95. The third-order valence-corrected chi connectivity index (χ3v) is 3.84. The van der Waals surface area contributed by atoms with Gasteiger partial charge in [-0.25, -0.2) is 0 Å². The Balaban J connectivity index is 1.84. The van der Waals surface area contributed by atoms with Crippen LogP contribution in [0.25, 0.3) is 0 Å². The molecule has 0 bridgehead atoms. The molecule has 2 atom stereocenters. The summed E-state index contributed by atoms with van der Waals surface area (Å²) in [5.74, 6) is 0.152. The molecule has 23 heavy (non-hydrogen) atoms.